The van der Waals surface area contributed by atoms with Gasteiger partial charge in [0.1, 0.15) is 12.1 Å². The summed E-state index contributed by atoms with van der Waals surface area (Å²) in [6.07, 6.45) is 9.87. The number of hydrogen-bond donors (Lipinski definition) is 1. The van der Waals surface area contributed by atoms with Crippen LogP contribution in [0.5, 0.6) is 0 Å². The Morgan fingerprint density at radius 2 is 1.76 bits per heavy atom. The summed E-state index contributed by atoms with van der Waals surface area (Å²) in [7, 11) is 0. The molecule has 0 radical (unpaired) electrons. The number of hydrogen-bond acceptors (Lipinski definition) is 3. The summed E-state index contributed by atoms with van der Waals surface area (Å²) in [4.78, 5) is 12.5. The van der Waals surface area contributed by atoms with Crippen molar-refractivity contribution in [1.82, 2.24) is 4.90 Å². The number of carbonyl (C=O) groups excluding carboxylic acids is 1. The molecule has 0 atom stereocenters. The average Bonchev–Trinajstić information content (AvgIpc) is 2.65. The second kappa shape index (κ2) is 5.61. The first kappa shape index (κ1) is 15.3. The predicted octanol–water partition coefficient (Wildman–Crippen LogP) is 1.21. The molecule has 1 rings (SSSR count). The van der Waals surface area contributed by atoms with Crippen LogP contribution in [0.4, 0.5) is 4.79 Å². The summed E-state index contributed by atoms with van der Waals surface area (Å²) < 4.78 is 4.75. The van der Waals surface area contributed by atoms with Crippen molar-refractivity contribution in [2.75, 3.05) is 13.2 Å². The first-order valence-corrected chi connectivity index (χ1v) is 5.33. The Hall–Kier alpha value is -1.65. The van der Waals surface area contributed by atoms with Gasteiger partial charge in [0.05, 0.1) is 12.1 Å². The Kier molecular flexibility index (Phi) is 5.07. The van der Waals surface area contributed by atoms with Crippen molar-refractivity contribution in [2.24, 2.45) is 5.73 Å². The molecule has 1 aliphatic heterocycles. The molecule has 1 heterocycles. The molecule has 2 N–H and O–H groups in total. The van der Waals surface area contributed by atoms with Gasteiger partial charge in [0, 0.05) is 0 Å². The van der Waals surface area contributed by atoms with Gasteiger partial charge in [-0.05, 0) is 27.7 Å². The maximum absolute atomic E-state index is 11.0. The third kappa shape index (κ3) is 5.29. The molecule has 94 valence electrons. The molecular weight excluding hydrogens is 216 g/mol. The Morgan fingerprint density at radius 3 is 2.00 bits per heavy atom. The minimum Gasteiger partial charge on any atom is -0.447 e. The number of terminal acetylenes is 2. The highest BCUT2D eigenvalue weighted by atomic mass is 16.6. The first-order valence-electron chi connectivity index (χ1n) is 5.33. The fourth-order valence-corrected chi connectivity index (χ4v) is 0.979. The van der Waals surface area contributed by atoms with Crippen LogP contribution in [-0.4, -0.2) is 35.2 Å². The van der Waals surface area contributed by atoms with E-state index in [1.165, 1.54) is 0 Å². The Morgan fingerprint density at radius 1 is 1.29 bits per heavy atom. The lowest BCUT2D eigenvalue weighted by Crippen LogP contribution is -2.43. The van der Waals surface area contributed by atoms with Crippen molar-refractivity contribution < 1.29 is 9.53 Å². The number of nitrogens with two attached hydrogens (primary N) is 1. The van der Waals surface area contributed by atoms with Gasteiger partial charge in [-0.3, -0.25) is 4.90 Å². The van der Waals surface area contributed by atoms with Crippen LogP contribution < -0.4 is 5.73 Å². The van der Waals surface area contributed by atoms with Gasteiger partial charge in [-0.15, -0.1) is 12.8 Å². The molecule has 0 saturated carbocycles. The van der Waals surface area contributed by atoms with Gasteiger partial charge in [-0.1, -0.05) is 11.8 Å². The fourth-order valence-electron chi connectivity index (χ4n) is 0.979. The Labute approximate surface area is 103 Å². The third-order valence-corrected chi connectivity index (χ3v) is 2.16. The zero-order valence-corrected chi connectivity index (χ0v) is 10.9. The molecule has 1 saturated heterocycles. The van der Waals surface area contributed by atoms with E-state index in [2.05, 4.69) is 11.8 Å². The number of cyclic esters (lactones) is 1. The molecule has 4 heteroatoms. The number of carbonyl (C=O) groups is 1. The topological polar surface area (TPSA) is 55.6 Å². The van der Waals surface area contributed by atoms with E-state index in [9.17, 15) is 4.79 Å². The van der Waals surface area contributed by atoms with E-state index >= 15 is 0 Å². The van der Waals surface area contributed by atoms with Crippen molar-refractivity contribution in [3.05, 3.63) is 0 Å². The highest BCUT2D eigenvalue weighted by molar-refractivity contribution is 5.71. The molecule has 0 bridgehead atoms. The smallest absolute Gasteiger partial charge is 0.411 e. The number of ether oxygens (including phenoxy) is 1. The molecule has 1 aliphatic rings. The summed E-state index contributed by atoms with van der Waals surface area (Å²) in [5.74, 6) is 4.92. The van der Waals surface area contributed by atoms with Crippen LogP contribution in [0.25, 0.3) is 0 Å². The molecule has 0 unspecified atom stereocenters. The van der Waals surface area contributed by atoms with Crippen molar-refractivity contribution in [1.29, 1.82) is 0 Å². The average molecular weight is 236 g/mol. The quantitative estimate of drug-likeness (QED) is 0.696. The normalized spacial score (nSPS) is 15.2. The van der Waals surface area contributed by atoms with Crippen molar-refractivity contribution in [3.63, 3.8) is 0 Å². The maximum atomic E-state index is 11.0. The van der Waals surface area contributed by atoms with E-state index in [0.717, 1.165) is 0 Å². The van der Waals surface area contributed by atoms with Gasteiger partial charge >= 0.3 is 6.09 Å². The van der Waals surface area contributed by atoms with E-state index in [-0.39, 0.29) is 6.09 Å². The van der Waals surface area contributed by atoms with Crippen molar-refractivity contribution >= 4 is 6.09 Å². The molecule has 0 aliphatic carbocycles. The van der Waals surface area contributed by atoms with Crippen LogP contribution in [0.3, 0.4) is 0 Å². The second-order valence-corrected chi connectivity index (χ2v) is 4.84. The van der Waals surface area contributed by atoms with E-state index in [4.69, 9.17) is 23.3 Å². The molecule has 0 spiro atoms. The maximum Gasteiger partial charge on any atom is 0.411 e. The van der Waals surface area contributed by atoms with Gasteiger partial charge in [0.2, 0.25) is 0 Å². The minimum absolute atomic E-state index is 0.312. The van der Waals surface area contributed by atoms with Gasteiger partial charge in [0.25, 0.3) is 0 Å². The van der Waals surface area contributed by atoms with Crippen molar-refractivity contribution in [2.45, 2.75) is 38.8 Å². The van der Waals surface area contributed by atoms with Gasteiger partial charge in [-0.25, -0.2) is 4.79 Å². The van der Waals surface area contributed by atoms with Crippen LogP contribution >= 0.6 is 0 Å². The molecule has 0 aromatic rings. The van der Waals surface area contributed by atoms with Gasteiger partial charge in [-0.2, -0.15) is 0 Å². The van der Waals surface area contributed by atoms with Crippen LogP contribution in [0.1, 0.15) is 27.7 Å². The van der Waals surface area contributed by atoms with Gasteiger partial charge in [0.15, 0.2) is 0 Å². The minimum atomic E-state index is -0.520. The molecule has 0 aromatic heterocycles. The highest BCUT2D eigenvalue weighted by Gasteiger charge is 2.33. The van der Waals surface area contributed by atoms with E-state index in [1.54, 1.807) is 18.7 Å². The molecule has 4 nitrogen and oxygen atoms in total. The molecule has 17 heavy (non-hydrogen) atoms. The van der Waals surface area contributed by atoms with Crippen LogP contribution in [0.2, 0.25) is 0 Å². The van der Waals surface area contributed by atoms with Crippen LogP contribution in [-0.2, 0) is 4.74 Å². The fraction of sp³-hybridized carbons (Fsp3) is 0.615. The SMILES string of the molecule is C#CC(C)(C)N.C#CC(C)(C)N1CCOC1=O. The number of rotatable bonds is 1. The molecule has 1 amide bonds. The lowest BCUT2D eigenvalue weighted by atomic mass is 10.1. The molecule has 1 fully saturated rings. The molecular formula is C13H20N2O2. The zero-order valence-electron chi connectivity index (χ0n) is 10.9. The lowest BCUT2D eigenvalue weighted by molar-refractivity contribution is 0.142. The van der Waals surface area contributed by atoms with Gasteiger partial charge < -0.3 is 10.5 Å². The van der Waals surface area contributed by atoms with E-state index in [1.807, 2.05) is 13.8 Å². The standard InChI is InChI=1S/C8H11NO2.C5H9N/c1-4-8(2,3)9-5-6-11-7(9)10;1-4-5(2,3)6/h1H,5-6H2,2-3H3;1H,6H2,2-3H3. The second-order valence-electron chi connectivity index (χ2n) is 4.84. The molecule has 0 aromatic carbocycles. The zero-order chi connectivity index (χ0) is 13.7. The Bertz CT molecular complexity index is 353. The summed E-state index contributed by atoms with van der Waals surface area (Å²) in [5, 5.41) is 0. The third-order valence-electron chi connectivity index (χ3n) is 2.16. The van der Waals surface area contributed by atoms with Crippen LogP contribution in [0, 0.1) is 24.7 Å². The Balaban J connectivity index is 0.000000366. The van der Waals surface area contributed by atoms with E-state index < -0.39 is 11.1 Å². The first-order chi connectivity index (χ1) is 7.64. The summed E-state index contributed by atoms with van der Waals surface area (Å²) in [5.41, 5.74) is 4.35. The highest BCUT2D eigenvalue weighted by Crippen LogP contribution is 2.17. The van der Waals surface area contributed by atoms with Crippen LogP contribution in [0.15, 0.2) is 0 Å². The summed E-state index contributed by atoms with van der Waals surface area (Å²) in [6.45, 7) is 8.25. The largest absolute Gasteiger partial charge is 0.447 e. The summed E-state index contributed by atoms with van der Waals surface area (Å²) >= 11 is 0. The summed E-state index contributed by atoms with van der Waals surface area (Å²) in [6, 6.07) is 0. The number of nitrogens with zero attached hydrogens (tertiary/aromatic N) is 1. The van der Waals surface area contributed by atoms with Crippen molar-refractivity contribution in [3.8, 4) is 24.7 Å². The predicted molar refractivity (Wildman–Crippen MR) is 68.1 cm³/mol. The van der Waals surface area contributed by atoms with E-state index in [0.29, 0.717) is 13.2 Å². The lowest BCUT2D eigenvalue weighted by Gasteiger charge is -2.27. The monoisotopic (exact) mass is 236 g/mol. The number of amides is 1.